The van der Waals surface area contributed by atoms with Crippen LogP contribution in [0.4, 0.5) is 0 Å². The van der Waals surface area contributed by atoms with Gasteiger partial charge in [-0.2, -0.15) is 0 Å². The van der Waals surface area contributed by atoms with Crippen molar-refractivity contribution in [2.45, 2.75) is 27.2 Å². The van der Waals surface area contributed by atoms with Crippen LogP contribution in [0.15, 0.2) is 0 Å². The van der Waals surface area contributed by atoms with Crippen molar-refractivity contribution < 1.29 is 9.53 Å². The molecule has 0 aromatic rings. The highest BCUT2D eigenvalue weighted by Crippen LogP contribution is 2.19. The Labute approximate surface area is 129 Å². The van der Waals surface area contributed by atoms with E-state index in [2.05, 4.69) is 30.6 Å². The van der Waals surface area contributed by atoms with Crippen LogP contribution in [0.1, 0.15) is 27.2 Å². The molecule has 0 N–H and O–H groups in total. The first-order valence-electron chi connectivity index (χ1n) is 8.24. The normalized spacial score (nSPS) is 22.5. The van der Waals surface area contributed by atoms with E-state index in [0.717, 1.165) is 39.3 Å². The second-order valence-corrected chi connectivity index (χ2v) is 7.42. The molecular formula is C16H31N3O2. The lowest BCUT2D eigenvalue weighted by atomic mass is 9.92. The molecule has 2 saturated heterocycles. The molecule has 0 aromatic carbocycles. The van der Waals surface area contributed by atoms with Gasteiger partial charge in [-0.25, -0.2) is 0 Å². The van der Waals surface area contributed by atoms with Crippen molar-refractivity contribution >= 4 is 5.91 Å². The molecule has 0 spiro atoms. The van der Waals surface area contributed by atoms with Gasteiger partial charge in [0.1, 0.15) is 0 Å². The smallest absolute Gasteiger partial charge is 0.236 e. The molecule has 0 radical (unpaired) electrons. The van der Waals surface area contributed by atoms with E-state index in [9.17, 15) is 4.79 Å². The number of piperazine rings is 1. The predicted molar refractivity (Wildman–Crippen MR) is 84.4 cm³/mol. The third kappa shape index (κ3) is 5.93. The van der Waals surface area contributed by atoms with Crippen LogP contribution in [0.3, 0.4) is 0 Å². The molecule has 2 rings (SSSR count). The average Bonchev–Trinajstić information content (AvgIpc) is 2.46. The Kier molecular flexibility index (Phi) is 6.02. The summed E-state index contributed by atoms with van der Waals surface area (Å²) in [4.78, 5) is 19.0. The van der Waals surface area contributed by atoms with Crippen LogP contribution in [0.2, 0.25) is 0 Å². The van der Waals surface area contributed by atoms with Crippen LogP contribution >= 0.6 is 0 Å². The van der Waals surface area contributed by atoms with Crippen molar-refractivity contribution in [3.05, 3.63) is 0 Å². The van der Waals surface area contributed by atoms with Crippen molar-refractivity contribution in [3.8, 4) is 0 Å². The van der Waals surface area contributed by atoms with E-state index in [1.165, 1.54) is 13.0 Å². The van der Waals surface area contributed by atoms with Crippen LogP contribution in [-0.2, 0) is 9.53 Å². The third-order valence-electron chi connectivity index (χ3n) is 4.37. The van der Waals surface area contributed by atoms with Crippen LogP contribution in [0.25, 0.3) is 0 Å². The number of nitrogens with zero attached hydrogens (tertiary/aromatic N) is 3. The molecule has 122 valence electrons. The molecule has 0 unspecified atom stereocenters. The highest BCUT2D eigenvalue weighted by molar-refractivity contribution is 5.78. The lowest BCUT2D eigenvalue weighted by Gasteiger charge is -2.36. The molecule has 0 saturated carbocycles. The Morgan fingerprint density at radius 3 is 2.10 bits per heavy atom. The number of carbonyl (C=O) groups excluding carboxylic acids is 1. The molecule has 1 amide bonds. The van der Waals surface area contributed by atoms with E-state index < -0.39 is 0 Å². The molecule has 2 fully saturated rings. The fourth-order valence-electron chi connectivity index (χ4n) is 2.77. The molecular weight excluding hydrogens is 266 g/mol. The zero-order valence-electron chi connectivity index (χ0n) is 13.9. The minimum atomic E-state index is 0.265. The Balaban J connectivity index is 1.65. The molecule has 2 aliphatic rings. The van der Waals surface area contributed by atoms with E-state index in [1.54, 1.807) is 0 Å². The van der Waals surface area contributed by atoms with Gasteiger partial charge >= 0.3 is 0 Å². The van der Waals surface area contributed by atoms with Crippen LogP contribution < -0.4 is 0 Å². The second kappa shape index (κ2) is 7.56. The lowest BCUT2D eigenvalue weighted by Crippen LogP contribution is -2.51. The average molecular weight is 297 g/mol. The summed E-state index contributed by atoms with van der Waals surface area (Å²) >= 11 is 0. The monoisotopic (exact) mass is 297 g/mol. The molecule has 0 aliphatic carbocycles. The summed E-state index contributed by atoms with van der Waals surface area (Å²) in [6, 6.07) is 0. The van der Waals surface area contributed by atoms with E-state index in [1.807, 2.05) is 4.90 Å². The van der Waals surface area contributed by atoms with Crippen molar-refractivity contribution in [3.63, 3.8) is 0 Å². The van der Waals surface area contributed by atoms with Crippen LogP contribution in [0.5, 0.6) is 0 Å². The largest absolute Gasteiger partial charge is 0.378 e. The van der Waals surface area contributed by atoms with Gasteiger partial charge in [-0.05, 0) is 18.4 Å². The van der Waals surface area contributed by atoms with Gasteiger partial charge in [0.15, 0.2) is 0 Å². The van der Waals surface area contributed by atoms with Gasteiger partial charge in [-0.1, -0.05) is 20.8 Å². The highest BCUT2D eigenvalue weighted by Gasteiger charge is 2.23. The predicted octanol–water partition coefficient (Wildman–Crippen LogP) is 0.899. The fourth-order valence-corrected chi connectivity index (χ4v) is 2.77. The SMILES string of the molecule is CC(C)(C)CCN1CCN(CC(=O)N2CCOCC2)CC1. The van der Waals surface area contributed by atoms with Crippen LogP contribution in [-0.4, -0.2) is 86.2 Å². The number of hydrogen-bond donors (Lipinski definition) is 0. The van der Waals surface area contributed by atoms with E-state index in [-0.39, 0.29) is 5.91 Å². The summed E-state index contributed by atoms with van der Waals surface area (Å²) in [5, 5.41) is 0. The van der Waals surface area contributed by atoms with Gasteiger partial charge in [-0.3, -0.25) is 9.69 Å². The van der Waals surface area contributed by atoms with Crippen molar-refractivity contribution in [1.29, 1.82) is 0 Å². The summed E-state index contributed by atoms with van der Waals surface area (Å²) in [5.74, 6) is 0.265. The van der Waals surface area contributed by atoms with E-state index in [0.29, 0.717) is 25.2 Å². The van der Waals surface area contributed by atoms with Crippen molar-refractivity contribution in [1.82, 2.24) is 14.7 Å². The first-order chi connectivity index (χ1) is 9.94. The third-order valence-corrected chi connectivity index (χ3v) is 4.37. The summed E-state index contributed by atoms with van der Waals surface area (Å²) < 4.78 is 5.29. The van der Waals surface area contributed by atoms with Crippen molar-refractivity contribution in [2.24, 2.45) is 5.41 Å². The van der Waals surface area contributed by atoms with E-state index in [4.69, 9.17) is 4.74 Å². The molecule has 5 nitrogen and oxygen atoms in total. The Morgan fingerprint density at radius 2 is 1.52 bits per heavy atom. The maximum absolute atomic E-state index is 12.2. The molecule has 0 atom stereocenters. The van der Waals surface area contributed by atoms with E-state index >= 15 is 0 Å². The topological polar surface area (TPSA) is 36.0 Å². The summed E-state index contributed by atoms with van der Waals surface area (Å²) in [7, 11) is 0. The first kappa shape index (κ1) is 16.7. The number of rotatable bonds is 4. The summed E-state index contributed by atoms with van der Waals surface area (Å²) in [5.41, 5.74) is 0.406. The zero-order valence-corrected chi connectivity index (χ0v) is 13.9. The molecule has 0 aromatic heterocycles. The van der Waals surface area contributed by atoms with Gasteiger partial charge in [0.25, 0.3) is 0 Å². The van der Waals surface area contributed by atoms with Gasteiger partial charge in [0.2, 0.25) is 5.91 Å². The Morgan fingerprint density at radius 1 is 0.952 bits per heavy atom. The lowest BCUT2D eigenvalue weighted by molar-refractivity contribution is -0.136. The Bertz CT molecular complexity index is 327. The zero-order chi connectivity index (χ0) is 15.3. The highest BCUT2D eigenvalue weighted by atomic mass is 16.5. The standard InChI is InChI=1S/C16H31N3O2/c1-16(2,3)4-5-17-6-8-18(9-7-17)14-15(20)19-10-12-21-13-11-19/h4-14H2,1-3H3. The van der Waals surface area contributed by atoms with Gasteiger partial charge in [0, 0.05) is 39.3 Å². The number of ether oxygens (including phenoxy) is 1. The number of hydrogen-bond acceptors (Lipinski definition) is 4. The minimum Gasteiger partial charge on any atom is -0.378 e. The maximum atomic E-state index is 12.2. The molecule has 0 bridgehead atoms. The molecule has 2 aliphatic heterocycles. The molecule has 2 heterocycles. The first-order valence-corrected chi connectivity index (χ1v) is 8.24. The van der Waals surface area contributed by atoms with Gasteiger partial charge in [-0.15, -0.1) is 0 Å². The van der Waals surface area contributed by atoms with Crippen molar-refractivity contribution in [2.75, 3.05) is 65.6 Å². The Hall–Kier alpha value is -0.650. The summed E-state index contributed by atoms with van der Waals surface area (Å²) in [6.45, 7) is 15.7. The number of amides is 1. The quantitative estimate of drug-likeness (QED) is 0.772. The van der Waals surface area contributed by atoms with Gasteiger partial charge < -0.3 is 14.5 Å². The molecule has 5 heteroatoms. The number of carbonyl (C=O) groups is 1. The number of morpholine rings is 1. The van der Waals surface area contributed by atoms with Gasteiger partial charge in [0.05, 0.1) is 19.8 Å². The van der Waals surface area contributed by atoms with Crippen LogP contribution in [0, 0.1) is 5.41 Å². The fraction of sp³-hybridized carbons (Fsp3) is 0.938. The summed E-state index contributed by atoms with van der Waals surface area (Å²) in [6.07, 6.45) is 1.24. The minimum absolute atomic E-state index is 0.265. The second-order valence-electron chi connectivity index (χ2n) is 7.42. The molecule has 21 heavy (non-hydrogen) atoms. The maximum Gasteiger partial charge on any atom is 0.236 e.